The van der Waals surface area contributed by atoms with Crippen LogP contribution in [0.25, 0.3) is 0 Å². The maximum absolute atomic E-state index is 12.3. The van der Waals surface area contributed by atoms with E-state index in [0.29, 0.717) is 19.4 Å². The molecule has 0 spiro atoms. The lowest BCUT2D eigenvalue weighted by atomic mass is 9.80. The van der Waals surface area contributed by atoms with Crippen molar-refractivity contribution in [3.8, 4) is 0 Å². The second-order valence-electron chi connectivity index (χ2n) is 7.61. The molecule has 1 aromatic rings. The fourth-order valence-electron chi connectivity index (χ4n) is 3.16. The van der Waals surface area contributed by atoms with Crippen molar-refractivity contribution >= 4 is 11.9 Å². The highest BCUT2D eigenvalue weighted by Crippen LogP contribution is 2.32. The van der Waals surface area contributed by atoms with Gasteiger partial charge in [-0.25, -0.2) is 0 Å². The second-order valence-corrected chi connectivity index (χ2v) is 7.61. The minimum absolute atomic E-state index is 0.102. The van der Waals surface area contributed by atoms with Crippen LogP contribution in [0.2, 0.25) is 0 Å². The van der Waals surface area contributed by atoms with E-state index in [9.17, 15) is 9.59 Å². The third-order valence-electron chi connectivity index (χ3n) is 4.22. The topological polar surface area (TPSA) is 52.6 Å². The van der Waals surface area contributed by atoms with E-state index in [1.807, 2.05) is 51.1 Å². The molecule has 1 saturated carbocycles. The summed E-state index contributed by atoms with van der Waals surface area (Å²) in [5, 5.41) is 0. The summed E-state index contributed by atoms with van der Waals surface area (Å²) in [7, 11) is 0. The number of carbonyl (C=O) groups excluding carboxylic acids is 2. The Balaban J connectivity index is 1.79. The molecule has 4 nitrogen and oxygen atoms in total. The predicted molar refractivity (Wildman–Crippen MR) is 92.1 cm³/mol. The summed E-state index contributed by atoms with van der Waals surface area (Å²) >= 11 is 0. The van der Waals surface area contributed by atoms with Gasteiger partial charge >= 0.3 is 11.9 Å². The van der Waals surface area contributed by atoms with Crippen molar-refractivity contribution in [3.05, 3.63) is 35.9 Å². The van der Waals surface area contributed by atoms with E-state index in [1.165, 1.54) is 0 Å². The molecule has 0 aromatic heterocycles. The molecule has 0 N–H and O–H groups in total. The van der Waals surface area contributed by atoms with Crippen molar-refractivity contribution in [3.63, 3.8) is 0 Å². The summed E-state index contributed by atoms with van der Waals surface area (Å²) in [6.45, 7) is 5.92. The molecule has 24 heavy (non-hydrogen) atoms. The van der Waals surface area contributed by atoms with Crippen molar-refractivity contribution in [1.29, 1.82) is 0 Å². The molecule has 2 rings (SSSR count). The fourth-order valence-corrected chi connectivity index (χ4v) is 3.16. The summed E-state index contributed by atoms with van der Waals surface area (Å²) in [5.41, 5.74) is 0.534. The first kappa shape index (κ1) is 18.5. The number of hydrogen-bond acceptors (Lipinski definition) is 4. The quantitative estimate of drug-likeness (QED) is 0.756. The van der Waals surface area contributed by atoms with Gasteiger partial charge in [0.15, 0.2) is 0 Å². The van der Waals surface area contributed by atoms with Crippen molar-refractivity contribution in [2.75, 3.05) is 0 Å². The fraction of sp³-hybridized carbons (Fsp3) is 0.600. The lowest BCUT2D eigenvalue weighted by Crippen LogP contribution is -2.29. The van der Waals surface area contributed by atoms with Gasteiger partial charge in [-0.05, 0) is 51.5 Å². The minimum Gasteiger partial charge on any atom is -0.461 e. The number of hydrogen-bond donors (Lipinski definition) is 0. The molecular formula is C20H28O4. The van der Waals surface area contributed by atoms with Gasteiger partial charge in [0, 0.05) is 6.42 Å². The summed E-state index contributed by atoms with van der Waals surface area (Å²) in [4.78, 5) is 24.3. The standard InChI is InChI=1S/C20H28O4/c1-20(2,3)24-18(21)13-16-10-7-11-17(12-16)19(22)23-14-15-8-5-4-6-9-15/h4-6,8-9,16-17H,7,10-14H2,1-3H3/t16-,17+/m1/s1. The van der Waals surface area contributed by atoms with Gasteiger partial charge < -0.3 is 9.47 Å². The van der Waals surface area contributed by atoms with Crippen molar-refractivity contribution in [1.82, 2.24) is 0 Å². The first-order valence-corrected chi connectivity index (χ1v) is 8.76. The highest BCUT2D eigenvalue weighted by molar-refractivity contribution is 5.73. The number of ether oxygens (including phenoxy) is 2. The Bertz CT molecular complexity index is 545. The summed E-state index contributed by atoms with van der Waals surface area (Å²) in [6, 6.07) is 9.69. The normalized spacial score (nSPS) is 21.1. The van der Waals surface area contributed by atoms with E-state index in [2.05, 4.69) is 0 Å². The third-order valence-corrected chi connectivity index (χ3v) is 4.22. The number of carbonyl (C=O) groups is 2. The van der Waals surface area contributed by atoms with Gasteiger partial charge in [0.05, 0.1) is 5.92 Å². The molecule has 0 bridgehead atoms. The van der Waals surface area contributed by atoms with Crippen LogP contribution in [0.4, 0.5) is 0 Å². The van der Waals surface area contributed by atoms with Gasteiger partial charge in [0.2, 0.25) is 0 Å². The summed E-state index contributed by atoms with van der Waals surface area (Å²) in [6.07, 6.45) is 3.88. The van der Waals surface area contributed by atoms with E-state index >= 15 is 0 Å². The monoisotopic (exact) mass is 332 g/mol. The van der Waals surface area contributed by atoms with E-state index in [1.54, 1.807) is 0 Å². The van der Waals surface area contributed by atoms with Crippen LogP contribution in [0.3, 0.4) is 0 Å². The van der Waals surface area contributed by atoms with Crippen LogP contribution in [0.5, 0.6) is 0 Å². The smallest absolute Gasteiger partial charge is 0.309 e. The van der Waals surface area contributed by atoms with Crippen molar-refractivity contribution in [2.24, 2.45) is 11.8 Å². The first-order valence-electron chi connectivity index (χ1n) is 8.76. The highest BCUT2D eigenvalue weighted by atomic mass is 16.6. The molecule has 4 heteroatoms. The molecule has 1 fully saturated rings. The van der Waals surface area contributed by atoms with Crippen LogP contribution in [0, 0.1) is 11.8 Å². The molecule has 1 aromatic carbocycles. The van der Waals surface area contributed by atoms with E-state index in [-0.39, 0.29) is 23.8 Å². The molecule has 2 atom stereocenters. The Hall–Kier alpha value is -1.84. The summed E-state index contributed by atoms with van der Waals surface area (Å²) in [5.74, 6) is -0.212. The third kappa shape index (κ3) is 6.34. The zero-order valence-electron chi connectivity index (χ0n) is 14.9. The van der Waals surface area contributed by atoms with Gasteiger partial charge in [0.25, 0.3) is 0 Å². The Morgan fingerprint density at radius 2 is 1.83 bits per heavy atom. The van der Waals surface area contributed by atoms with Crippen LogP contribution in [-0.4, -0.2) is 17.5 Å². The van der Waals surface area contributed by atoms with Gasteiger partial charge in [-0.2, -0.15) is 0 Å². The SMILES string of the molecule is CC(C)(C)OC(=O)C[C@@H]1CCC[C@H](C(=O)OCc2ccccc2)C1. The zero-order chi connectivity index (χ0) is 17.6. The van der Waals surface area contributed by atoms with Gasteiger partial charge in [0.1, 0.15) is 12.2 Å². The van der Waals surface area contributed by atoms with Crippen LogP contribution in [0.1, 0.15) is 58.4 Å². The minimum atomic E-state index is -0.459. The molecular weight excluding hydrogens is 304 g/mol. The number of benzene rings is 1. The Morgan fingerprint density at radius 1 is 1.12 bits per heavy atom. The maximum atomic E-state index is 12.3. The molecule has 0 heterocycles. The van der Waals surface area contributed by atoms with Gasteiger partial charge in [-0.15, -0.1) is 0 Å². The zero-order valence-corrected chi connectivity index (χ0v) is 14.9. The van der Waals surface area contributed by atoms with Gasteiger partial charge in [-0.1, -0.05) is 36.8 Å². The van der Waals surface area contributed by atoms with Crippen molar-refractivity contribution in [2.45, 2.75) is 65.1 Å². The average molecular weight is 332 g/mol. The maximum Gasteiger partial charge on any atom is 0.309 e. The largest absolute Gasteiger partial charge is 0.461 e. The van der Waals surface area contributed by atoms with Crippen LogP contribution >= 0.6 is 0 Å². The lowest BCUT2D eigenvalue weighted by molar-refractivity contribution is -0.158. The lowest BCUT2D eigenvalue weighted by Gasteiger charge is -2.28. The molecule has 0 unspecified atom stereocenters. The van der Waals surface area contributed by atoms with E-state index in [0.717, 1.165) is 24.8 Å². The highest BCUT2D eigenvalue weighted by Gasteiger charge is 2.30. The summed E-state index contributed by atoms with van der Waals surface area (Å²) < 4.78 is 10.8. The van der Waals surface area contributed by atoms with Crippen LogP contribution in [0.15, 0.2) is 30.3 Å². The van der Waals surface area contributed by atoms with Gasteiger partial charge in [-0.3, -0.25) is 9.59 Å². The molecule has 0 amide bonds. The number of esters is 2. The van der Waals surface area contributed by atoms with E-state index in [4.69, 9.17) is 9.47 Å². The van der Waals surface area contributed by atoms with Crippen LogP contribution in [-0.2, 0) is 25.7 Å². The molecule has 0 radical (unpaired) electrons. The van der Waals surface area contributed by atoms with Crippen LogP contribution < -0.4 is 0 Å². The molecule has 0 aliphatic heterocycles. The molecule has 1 aliphatic carbocycles. The molecule has 0 saturated heterocycles. The molecule has 132 valence electrons. The Labute approximate surface area is 144 Å². The average Bonchev–Trinajstić information content (AvgIpc) is 2.52. The first-order chi connectivity index (χ1) is 11.3. The van der Waals surface area contributed by atoms with Crippen molar-refractivity contribution < 1.29 is 19.1 Å². The second kappa shape index (κ2) is 8.32. The predicted octanol–water partition coefficient (Wildman–Crippen LogP) is 4.27. The Morgan fingerprint density at radius 3 is 2.50 bits per heavy atom. The van der Waals surface area contributed by atoms with E-state index < -0.39 is 5.60 Å². The molecule has 1 aliphatic rings. The Kier molecular flexibility index (Phi) is 6.41. The number of rotatable bonds is 5.